The van der Waals surface area contributed by atoms with Gasteiger partial charge < -0.3 is 17.6 Å². The summed E-state index contributed by atoms with van der Waals surface area (Å²) in [5, 5.41) is 0. The van der Waals surface area contributed by atoms with Crippen molar-refractivity contribution in [1.82, 2.24) is 0 Å². The van der Waals surface area contributed by atoms with E-state index in [0.29, 0.717) is 12.1 Å². The van der Waals surface area contributed by atoms with E-state index in [2.05, 4.69) is 4.65 Å². The highest BCUT2D eigenvalue weighted by molar-refractivity contribution is 14.2. The van der Waals surface area contributed by atoms with Gasteiger partial charge in [-0.05, 0) is 5.44 Å². The van der Waals surface area contributed by atoms with Gasteiger partial charge in [0.05, 0.1) is 0 Å². The lowest BCUT2D eigenvalue weighted by Gasteiger charge is -2.14. The average molecular weight is 320 g/mol. The first kappa shape index (κ1) is 13.9. The predicted molar refractivity (Wildman–Crippen MR) is 58.8 cm³/mol. The fourth-order valence-electron chi connectivity index (χ4n) is 0.597. The van der Waals surface area contributed by atoms with Crippen molar-refractivity contribution in [2.75, 3.05) is 12.8 Å². The second-order valence-corrected chi connectivity index (χ2v) is 7.19. The van der Waals surface area contributed by atoms with Gasteiger partial charge in [-0.1, -0.05) is 22.0 Å². The summed E-state index contributed by atoms with van der Waals surface area (Å²) in [6.07, 6.45) is 0.588. The topological polar surface area (TPSA) is 9.23 Å². The van der Waals surface area contributed by atoms with Crippen LogP contribution in [0.5, 0.6) is 0 Å². The van der Waals surface area contributed by atoms with Gasteiger partial charge in [0.2, 0.25) is 0 Å². The molecule has 0 aliphatic rings. The van der Waals surface area contributed by atoms with Gasteiger partial charge in [-0.3, -0.25) is 0 Å². The highest BCUT2D eigenvalue weighted by atomic mass is 127. The Morgan fingerprint density at radius 1 is 1.54 bits per heavy atom. The molecule has 0 aromatic heterocycles. The quantitative estimate of drug-likeness (QED) is 0.316. The number of halogens is 4. The van der Waals surface area contributed by atoms with Gasteiger partial charge in [0.15, 0.2) is 6.92 Å². The molecule has 13 heavy (non-hydrogen) atoms. The fourth-order valence-corrected chi connectivity index (χ4v) is 2.46. The highest BCUT2D eigenvalue weighted by Gasteiger charge is 2.26. The molecular formula is C5H7B2F3IOP. The molecule has 0 aromatic rings. The first-order valence-corrected chi connectivity index (χ1v) is 7.80. The van der Waals surface area contributed by atoms with Crippen LogP contribution < -0.4 is 0 Å². The Kier molecular flexibility index (Phi) is 6.85. The molecule has 72 valence electrons. The summed E-state index contributed by atoms with van der Waals surface area (Å²) in [5.74, 6) is 0.461. The molecule has 0 rings (SSSR count). The van der Waals surface area contributed by atoms with Crippen LogP contribution in [0, 0.1) is 12.8 Å². The lowest BCUT2D eigenvalue weighted by atomic mass is 10.1. The van der Waals surface area contributed by atoms with Crippen LogP contribution in [0.1, 0.15) is 6.42 Å². The van der Waals surface area contributed by atoms with E-state index in [-0.39, 0.29) is 6.42 Å². The van der Waals surface area contributed by atoms with Crippen LogP contribution >= 0.6 is 27.5 Å². The van der Waals surface area contributed by atoms with Crippen LogP contribution in [0.4, 0.5) is 12.9 Å². The Hall–Kier alpha value is 0.910. The minimum atomic E-state index is -5.15. The standard InChI is InChI=1S/C5H7B2F3IOP/c1-5(4-13(6)11)2-3-12-7(8,9)10/h1H,2-4H2. The molecule has 0 N–H and O–H groups in total. The molecule has 0 fully saturated rings. The van der Waals surface area contributed by atoms with Crippen LogP contribution in [0.3, 0.4) is 0 Å². The molecule has 0 aliphatic carbocycles. The van der Waals surface area contributed by atoms with Crippen molar-refractivity contribution in [3.05, 3.63) is 12.8 Å². The van der Waals surface area contributed by atoms with Crippen molar-refractivity contribution in [3.8, 4) is 0 Å². The van der Waals surface area contributed by atoms with Gasteiger partial charge >= 0.3 is 7.18 Å². The summed E-state index contributed by atoms with van der Waals surface area (Å²) < 4.78 is 38.2. The van der Waals surface area contributed by atoms with E-state index in [0.717, 1.165) is 0 Å². The number of hydrogen-bond acceptors (Lipinski definition) is 1. The lowest BCUT2D eigenvalue weighted by molar-refractivity contribution is 0.177. The fraction of sp³-hybridized carbons (Fsp3) is 0.600. The smallest absolute Gasteiger partial charge is 0.505 e. The van der Waals surface area contributed by atoms with E-state index in [1.54, 1.807) is 0 Å². The second kappa shape index (κ2) is 6.40. The Labute approximate surface area is 91.9 Å². The van der Waals surface area contributed by atoms with Gasteiger partial charge in [-0.25, -0.2) is 0 Å². The van der Waals surface area contributed by atoms with Crippen molar-refractivity contribution in [3.63, 3.8) is 0 Å². The minimum Gasteiger partial charge on any atom is -0.505 e. The van der Waals surface area contributed by atoms with Crippen LogP contribution in [0.25, 0.3) is 0 Å². The molecule has 8 heteroatoms. The average Bonchev–Trinajstić information content (AvgIpc) is 1.81. The maximum Gasteiger partial charge on any atom is 0.637 e. The van der Waals surface area contributed by atoms with E-state index < -0.39 is 19.2 Å². The zero-order chi connectivity index (χ0) is 10.5. The Morgan fingerprint density at radius 2 is 2.08 bits per heavy atom. The molecule has 4 radical (unpaired) electrons. The maximum atomic E-state index is 11.5. The molecule has 1 unspecified atom stereocenters. The van der Waals surface area contributed by atoms with Crippen molar-refractivity contribution in [2.45, 2.75) is 6.42 Å². The Balaban J connectivity index is 3.42. The van der Waals surface area contributed by atoms with Crippen LogP contribution in [-0.2, 0) is 4.65 Å². The van der Waals surface area contributed by atoms with Crippen LogP contribution in [0.15, 0.2) is 0 Å². The van der Waals surface area contributed by atoms with Gasteiger partial charge in [0.25, 0.3) is 0 Å². The minimum absolute atomic E-state index is 0.111. The Morgan fingerprint density at radius 3 is 2.46 bits per heavy atom. The summed E-state index contributed by atoms with van der Waals surface area (Å²) >= 11 is 2.01. The molecule has 1 nitrogen and oxygen atoms in total. The van der Waals surface area contributed by atoms with E-state index in [1.165, 1.54) is 0 Å². The van der Waals surface area contributed by atoms with Gasteiger partial charge in [0, 0.05) is 6.61 Å². The zero-order valence-corrected chi connectivity index (χ0v) is 9.77. The number of rotatable bonds is 6. The number of hydrogen-bond donors (Lipinski definition) is 0. The molecular weight excluding hydrogens is 313 g/mol. The third-order valence-corrected chi connectivity index (χ3v) is 2.82. The first-order valence-electron chi connectivity index (χ1n) is 3.42. The van der Waals surface area contributed by atoms with Crippen molar-refractivity contribution in [1.29, 1.82) is 0 Å². The molecule has 0 saturated heterocycles. The van der Waals surface area contributed by atoms with Crippen LogP contribution in [0.2, 0.25) is 0 Å². The highest BCUT2D eigenvalue weighted by Crippen LogP contribution is 2.41. The molecule has 0 aromatic carbocycles. The SMILES string of the molecule is [B]P(I)C[C+]([CH])CCO[B-](F)(F)F. The van der Waals surface area contributed by atoms with E-state index in [1.807, 2.05) is 22.0 Å². The summed E-state index contributed by atoms with van der Waals surface area (Å²) in [5.41, 5.74) is -0.708. The lowest BCUT2D eigenvalue weighted by Crippen LogP contribution is -2.22. The third kappa shape index (κ3) is 10.8. The molecule has 1 atom stereocenters. The van der Waals surface area contributed by atoms with E-state index in [9.17, 15) is 12.9 Å². The van der Waals surface area contributed by atoms with Gasteiger partial charge in [0.1, 0.15) is 26.1 Å². The van der Waals surface area contributed by atoms with E-state index >= 15 is 0 Å². The molecule has 0 aliphatic heterocycles. The summed E-state index contributed by atoms with van der Waals surface area (Å²) in [6, 6.07) is 0. The molecule has 0 saturated carbocycles. The third-order valence-electron chi connectivity index (χ3n) is 1.08. The zero-order valence-electron chi connectivity index (χ0n) is 6.72. The van der Waals surface area contributed by atoms with E-state index in [4.69, 9.17) is 14.5 Å². The maximum absolute atomic E-state index is 11.5. The Bertz CT molecular complexity index is 146. The summed E-state index contributed by atoms with van der Waals surface area (Å²) in [7, 11) is 0.291. The van der Waals surface area contributed by atoms with Crippen LogP contribution in [-0.4, -0.2) is 27.5 Å². The van der Waals surface area contributed by atoms with Crippen molar-refractivity contribution < 1.29 is 17.6 Å². The summed E-state index contributed by atoms with van der Waals surface area (Å²) in [6.45, 7) is 5.00. The van der Waals surface area contributed by atoms with Crippen molar-refractivity contribution in [2.24, 2.45) is 0 Å². The van der Waals surface area contributed by atoms with Gasteiger partial charge in [-0.15, -0.1) is 0 Å². The molecule has 0 spiro atoms. The normalized spacial score (nSPS) is 14.2. The predicted octanol–water partition coefficient (Wildman–Crippen LogP) is 2.94. The monoisotopic (exact) mass is 320 g/mol. The van der Waals surface area contributed by atoms with Gasteiger partial charge in [-0.2, -0.15) is 0 Å². The summed E-state index contributed by atoms with van der Waals surface area (Å²) in [4.78, 5) is 0. The molecule has 0 amide bonds. The second-order valence-electron chi connectivity index (χ2n) is 2.35. The first-order chi connectivity index (χ1) is 5.81. The van der Waals surface area contributed by atoms with Crippen molar-refractivity contribution >= 4 is 42.2 Å². The molecule has 0 heterocycles. The largest absolute Gasteiger partial charge is 0.637 e. The molecule has 0 bridgehead atoms.